The molecule has 0 N–H and O–H groups in total. The zero-order valence-corrected chi connectivity index (χ0v) is 14.7. The van der Waals surface area contributed by atoms with Crippen LogP contribution in [-0.4, -0.2) is 0 Å². The van der Waals surface area contributed by atoms with Crippen molar-refractivity contribution in [1.29, 1.82) is 0 Å². The molecule has 2 aliphatic rings. The molecule has 0 saturated heterocycles. The van der Waals surface area contributed by atoms with Crippen LogP contribution in [0.5, 0.6) is 0 Å². The number of fused-ring (bicyclic) bond motifs is 10. The lowest BCUT2D eigenvalue weighted by atomic mass is 10.3. The Bertz CT molecular complexity index is 1260. The molecule has 0 spiro atoms. The molecule has 0 amide bonds. The van der Waals surface area contributed by atoms with Crippen LogP contribution in [0.3, 0.4) is 0 Å². The van der Waals surface area contributed by atoms with E-state index < -0.39 is 0 Å². The van der Waals surface area contributed by atoms with E-state index in [1.54, 1.807) is 0 Å². The molecule has 0 bridgehead atoms. The average molecular weight is 358 g/mol. The van der Waals surface area contributed by atoms with Crippen LogP contribution in [0.15, 0.2) is 66.7 Å². The number of aromatic nitrogens is 3. The van der Waals surface area contributed by atoms with Crippen molar-refractivity contribution in [3.8, 4) is 21.4 Å². The van der Waals surface area contributed by atoms with Crippen molar-refractivity contribution in [1.82, 2.24) is 0 Å². The van der Waals surface area contributed by atoms with Crippen LogP contribution in [0.2, 0.25) is 0 Å². The fourth-order valence-electron chi connectivity index (χ4n) is 4.29. The van der Waals surface area contributed by atoms with Crippen LogP contribution in [0.1, 0.15) is 6.29 Å². The number of hydrogen-bond donors (Lipinski definition) is 0. The molecule has 5 heterocycles. The minimum atomic E-state index is 0.170. The molecule has 0 fully saturated rings. The van der Waals surface area contributed by atoms with Gasteiger partial charge in [0, 0.05) is 24.3 Å². The van der Waals surface area contributed by atoms with Gasteiger partial charge in [-0.25, -0.2) is 0 Å². The van der Waals surface area contributed by atoms with Gasteiger partial charge < -0.3 is 0 Å². The highest BCUT2D eigenvalue weighted by Crippen LogP contribution is 2.38. The van der Waals surface area contributed by atoms with Gasteiger partial charge in [-0.3, -0.25) is 0 Å². The normalized spacial score (nSPS) is 14.2. The van der Waals surface area contributed by atoms with Crippen LogP contribution < -0.4 is 13.7 Å². The molecule has 0 radical (unpaired) electrons. The second kappa shape index (κ2) is 4.12. The van der Waals surface area contributed by atoms with Gasteiger partial charge in [0.25, 0.3) is 0 Å². The Labute approximate surface area is 151 Å². The zero-order valence-electron chi connectivity index (χ0n) is 13.1. The molecule has 116 valence electrons. The largest absolute Gasteiger partial charge is 0.557 e. The molecule has 2 aliphatic heterocycles. The molecule has 0 saturated carbocycles. The number of hydrogen-bond acceptors (Lipinski definition) is 2. The molecule has 3 aromatic heterocycles. The third-order valence-electron chi connectivity index (χ3n) is 5.26. The van der Waals surface area contributed by atoms with Crippen molar-refractivity contribution in [3.63, 3.8) is 0 Å². The lowest BCUT2D eigenvalue weighted by molar-refractivity contribution is -1.06. The maximum absolute atomic E-state index is 2.51. The van der Waals surface area contributed by atoms with Crippen LogP contribution in [0, 0.1) is 0 Å². The van der Waals surface area contributed by atoms with Crippen LogP contribution in [-0.2, 0) is 0 Å². The second-order valence-electron chi connectivity index (χ2n) is 6.50. The van der Waals surface area contributed by atoms with E-state index in [0.29, 0.717) is 0 Å². The van der Waals surface area contributed by atoms with Gasteiger partial charge >= 0.3 is 27.7 Å². The van der Waals surface area contributed by atoms with E-state index in [2.05, 4.69) is 80.4 Å². The highest BCUT2D eigenvalue weighted by molar-refractivity contribution is 7.21. The van der Waals surface area contributed by atoms with Crippen molar-refractivity contribution in [3.05, 3.63) is 66.7 Å². The summed E-state index contributed by atoms with van der Waals surface area (Å²) in [6.45, 7) is 0. The number of para-hydroxylation sites is 2. The highest BCUT2D eigenvalue weighted by atomic mass is 32.1. The van der Waals surface area contributed by atoms with Crippen molar-refractivity contribution < 1.29 is 13.7 Å². The maximum Gasteiger partial charge on any atom is 0.557 e. The van der Waals surface area contributed by atoms with Gasteiger partial charge in [0.15, 0.2) is 0 Å². The predicted molar refractivity (Wildman–Crippen MR) is 98.5 cm³/mol. The van der Waals surface area contributed by atoms with Crippen molar-refractivity contribution in [2.75, 3.05) is 0 Å². The summed E-state index contributed by atoms with van der Waals surface area (Å²) in [4.78, 5) is 0. The first-order chi connectivity index (χ1) is 12.4. The van der Waals surface area contributed by atoms with Crippen molar-refractivity contribution >= 4 is 43.1 Å². The van der Waals surface area contributed by atoms with Gasteiger partial charge in [0.2, 0.25) is 11.0 Å². The third kappa shape index (κ3) is 1.34. The van der Waals surface area contributed by atoms with Crippen molar-refractivity contribution in [2.45, 2.75) is 6.29 Å². The number of nitrogens with zero attached hydrogens (tertiary/aromatic N) is 3. The maximum atomic E-state index is 2.51. The summed E-state index contributed by atoms with van der Waals surface area (Å²) in [6, 6.07) is 24.2. The lowest BCUT2D eigenvalue weighted by Crippen LogP contribution is -2.63. The summed E-state index contributed by atoms with van der Waals surface area (Å²) in [5.74, 6) is 0. The summed E-state index contributed by atoms with van der Waals surface area (Å²) < 4.78 is 10.2. The topological polar surface area (TPSA) is 11.6 Å². The average Bonchev–Trinajstić information content (AvgIpc) is 3.35. The van der Waals surface area contributed by atoms with E-state index in [0.717, 1.165) is 0 Å². The second-order valence-corrected chi connectivity index (χ2v) is 8.56. The number of rotatable bonds is 0. The molecule has 3 nitrogen and oxygen atoms in total. The molecule has 2 aromatic carbocycles. The molecular formula is C20H12N3S2+3. The van der Waals surface area contributed by atoms with E-state index in [9.17, 15) is 0 Å². The summed E-state index contributed by atoms with van der Waals surface area (Å²) in [5.41, 5.74) is 5.28. The first-order valence-corrected chi connectivity index (χ1v) is 9.96. The Balaban J connectivity index is 1.71. The Hall–Kier alpha value is -2.63. The Kier molecular flexibility index (Phi) is 2.09. The van der Waals surface area contributed by atoms with Gasteiger partial charge in [-0.2, -0.15) is 0 Å². The van der Waals surface area contributed by atoms with Crippen LogP contribution >= 0.6 is 22.7 Å². The number of thiazole rings is 2. The fraction of sp³-hybridized carbons (Fsp3) is 0.0500. The molecule has 0 unspecified atom stereocenters. The monoisotopic (exact) mass is 358 g/mol. The standard InChI is InChI=1S/C20H12N3S2/c1-3-10-16-12(6-1)22-18(24-16)14-8-5-9-15-19-23(20(22)21(14)15)13-7-2-4-11-17(13)25-19/h1-11,20H/q+3. The fourth-order valence-corrected chi connectivity index (χ4v) is 6.66. The first-order valence-electron chi connectivity index (χ1n) is 8.33. The van der Waals surface area contributed by atoms with Crippen LogP contribution in [0.25, 0.3) is 41.8 Å². The van der Waals surface area contributed by atoms with Gasteiger partial charge in [0.1, 0.15) is 9.40 Å². The molecule has 0 atom stereocenters. The highest BCUT2D eigenvalue weighted by Gasteiger charge is 2.63. The quantitative estimate of drug-likeness (QED) is 0.368. The molecule has 0 aliphatic carbocycles. The van der Waals surface area contributed by atoms with Gasteiger partial charge in [0.05, 0.1) is 0 Å². The predicted octanol–water partition coefficient (Wildman–Crippen LogP) is 3.49. The number of benzene rings is 2. The molecular weight excluding hydrogens is 346 g/mol. The van der Waals surface area contributed by atoms with Gasteiger partial charge in [-0.15, -0.1) is 0 Å². The van der Waals surface area contributed by atoms with Gasteiger partial charge in [-0.05, 0) is 27.3 Å². The van der Waals surface area contributed by atoms with E-state index >= 15 is 0 Å². The summed E-state index contributed by atoms with van der Waals surface area (Å²) in [7, 11) is 0. The molecule has 25 heavy (non-hydrogen) atoms. The number of pyridine rings is 1. The Morgan fingerprint density at radius 1 is 0.560 bits per heavy atom. The van der Waals surface area contributed by atoms with E-state index in [-0.39, 0.29) is 6.29 Å². The van der Waals surface area contributed by atoms with E-state index in [1.165, 1.54) is 41.8 Å². The summed E-state index contributed by atoms with van der Waals surface area (Å²) in [5, 5.41) is 2.70. The van der Waals surface area contributed by atoms with E-state index in [1.807, 2.05) is 22.7 Å². The molecule has 7 rings (SSSR count). The van der Waals surface area contributed by atoms with Crippen LogP contribution in [0.4, 0.5) is 0 Å². The lowest BCUT2D eigenvalue weighted by Gasteiger charge is -1.93. The third-order valence-corrected chi connectivity index (χ3v) is 7.59. The zero-order chi connectivity index (χ0) is 16.1. The van der Waals surface area contributed by atoms with Gasteiger partial charge in [-0.1, -0.05) is 51.5 Å². The summed E-state index contributed by atoms with van der Waals surface area (Å²) in [6.07, 6.45) is 0.170. The molecule has 5 heteroatoms. The Morgan fingerprint density at radius 2 is 1.08 bits per heavy atom. The summed E-state index contributed by atoms with van der Waals surface area (Å²) >= 11 is 3.78. The van der Waals surface area contributed by atoms with Crippen molar-refractivity contribution in [2.24, 2.45) is 0 Å². The Morgan fingerprint density at radius 3 is 1.64 bits per heavy atom. The minimum Gasteiger partial charge on any atom is -0.0604 e. The molecule has 5 aromatic rings. The van der Waals surface area contributed by atoms with E-state index in [4.69, 9.17) is 0 Å². The first kappa shape index (κ1) is 12.7. The minimum absolute atomic E-state index is 0.170. The SMILES string of the molecule is c1cc2[n+]3c(c1)-c1sc4ccccc4[n+]1C3[n+]1c-2sc2ccccc21. The smallest absolute Gasteiger partial charge is 0.0604 e.